The Labute approximate surface area is 122 Å². The summed E-state index contributed by atoms with van der Waals surface area (Å²) in [6.45, 7) is 2.25. The molecule has 1 aromatic heterocycles. The van der Waals surface area contributed by atoms with Crippen LogP contribution < -0.4 is 0 Å². The third-order valence-electron chi connectivity index (χ3n) is 3.19. The van der Waals surface area contributed by atoms with Gasteiger partial charge in [0.15, 0.2) is 5.78 Å². The zero-order valence-electron chi connectivity index (χ0n) is 11.8. The highest BCUT2D eigenvalue weighted by Gasteiger charge is 2.11. The summed E-state index contributed by atoms with van der Waals surface area (Å²) in [6, 6.07) is 9.36. The zero-order chi connectivity index (χ0) is 15.2. The zero-order valence-corrected chi connectivity index (χ0v) is 11.8. The van der Waals surface area contributed by atoms with Gasteiger partial charge in [0.2, 0.25) is 0 Å². The molecule has 0 N–H and O–H groups in total. The molecule has 1 heterocycles. The molecule has 5 heteroatoms. The highest BCUT2D eigenvalue weighted by molar-refractivity contribution is 5.88. The van der Waals surface area contributed by atoms with Gasteiger partial charge in [0.25, 0.3) is 0 Å². The molecular weight excluding hydrogens is 268 g/mol. The highest BCUT2D eigenvalue weighted by atomic mass is 16.5. The molecule has 0 bridgehead atoms. The van der Waals surface area contributed by atoms with Crippen LogP contribution in [0.3, 0.4) is 0 Å². The minimum Gasteiger partial charge on any atom is -0.466 e. The van der Waals surface area contributed by atoms with Gasteiger partial charge in [0.1, 0.15) is 0 Å². The monoisotopic (exact) mass is 284 g/mol. The molecule has 0 fully saturated rings. The number of hydrogen-bond acceptors (Lipinski definition) is 4. The van der Waals surface area contributed by atoms with Gasteiger partial charge >= 0.3 is 5.97 Å². The second kappa shape index (κ2) is 6.71. The summed E-state index contributed by atoms with van der Waals surface area (Å²) in [5.41, 5.74) is 1.43. The maximum absolute atomic E-state index is 11.9. The van der Waals surface area contributed by atoms with Crippen LogP contribution in [0.25, 0.3) is 10.9 Å². The van der Waals surface area contributed by atoms with E-state index in [1.807, 2.05) is 12.1 Å². The van der Waals surface area contributed by atoms with Gasteiger partial charge < -0.3 is 9.30 Å². The number of hydrogen-bond donors (Lipinski definition) is 0. The summed E-state index contributed by atoms with van der Waals surface area (Å²) in [5, 5.41) is 9.88. The normalized spacial score (nSPS) is 10.3. The molecule has 0 aliphatic carbocycles. The third kappa shape index (κ3) is 3.48. The Morgan fingerprint density at radius 2 is 2.10 bits per heavy atom. The first-order valence-corrected chi connectivity index (χ1v) is 6.81. The summed E-state index contributed by atoms with van der Waals surface area (Å²) in [6.07, 6.45) is 2.06. The molecule has 2 rings (SSSR count). The van der Waals surface area contributed by atoms with Crippen molar-refractivity contribution in [2.75, 3.05) is 6.61 Å². The van der Waals surface area contributed by atoms with Gasteiger partial charge in [-0.05, 0) is 25.1 Å². The van der Waals surface area contributed by atoms with E-state index in [2.05, 4.69) is 6.07 Å². The van der Waals surface area contributed by atoms with Crippen molar-refractivity contribution in [3.8, 4) is 6.07 Å². The van der Waals surface area contributed by atoms with Crippen molar-refractivity contribution in [2.45, 2.75) is 26.3 Å². The predicted octanol–water partition coefficient (Wildman–Crippen LogP) is 2.43. The summed E-state index contributed by atoms with van der Waals surface area (Å²) >= 11 is 0. The number of nitrogens with zero attached hydrogens (tertiary/aromatic N) is 2. The number of Topliss-reactive ketones (excluding diaryl/α,β-unsaturated/α-hetero) is 1. The van der Waals surface area contributed by atoms with E-state index in [0.717, 1.165) is 10.9 Å². The first-order chi connectivity index (χ1) is 10.2. The third-order valence-corrected chi connectivity index (χ3v) is 3.19. The van der Waals surface area contributed by atoms with E-state index in [0.29, 0.717) is 12.2 Å². The standard InChI is InChI=1S/C16H16N2O3/c1-2-21-16(20)7-6-13(19)11-18-9-8-14-12(10-17)4-3-5-15(14)18/h3-5,8-9H,2,6-7,11H2,1H3. The summed E-state index contributed by atoms with van der Waals surface area (Å²) < 4.78 is 6.59. The molecule has 0 saturated carbocycles. The van der Waals surface area contributed by atoms with E-state index >= 15 is 0 Å². The minimum absolute atomic E-state index is 0.0390. The van der Waals surface area contributed by atoms with Crippen LogP contribution in [0.5, 0.6) is 0 Å². The highest BCUT2D eigenvalue weighted by Crippen LogP contribution is 2.19. The lowest BCUT2D eigenvalue weighted by atomic mass is 10.1. The number of esters is 1. The van der Waals surface area contributed by atoms with Crippen LogP contribution in [-0.4, -0.2) is 22.9 Å². The van der Waals surface area contributed by atoms with Gasteiger partial charge in [-0.2, -0.15) is 5.26 Å². The second-order valence-corrected chi connectivity index (χ2v) is 4.64. The number of ether oxygens (including phenoxy) is 1. The topological polar surface area (TPSA) is 72.1 Å². The second-order valence-electron chi connectivity index (χ2n) is 4.64. The SMILES string of the molecule is CCOC(=O)CCC(=O)Cn1ccc2c(C#N)cccc21. The van der Waals surface area contributed by atoms with Crippen LogP contribution >= 0.6 is 0 Å². The Hall–Kier alpha value is -2.61. The predicted molar refractivity (Wildman–Crippen MR) is 77.5 cm³/mol. The molecule has 2 aromatic rings. The van der Waals surface area contributed by atoms with E-state index in [9.17, 15) is 9.59 Å². The van der Waals surface area contributed by atoms with E-state index in [1.54, 1.807) is 29.8 Å². The largest absolute Gasteiger partial charge is 0.466 e. The van der Waals surface area contributed by atoms with Crippen molar-refractivity contribution >= 4 is 22.7 Å². The molecule has 5 nitrogen and oxygen atoms in total. The minimum atomic E-state index is -0.352. The van der Waals surface area contributed by atoms with Gasteiger partial charge in [0, 0.05) is 23.5 Å². The van der Waals surface area contributed by atoms with Crippen molar-refractivity contribution in [2.24, 2.45) is 0 Å². The molecule has 108 valence electrons. The molecule has 0 saturated heterocycles. The van der Waals surface area contributed by atoms with Gasteiger partial charge in [0.05, 0.1) is 31.2 Å². The van der Waals surface area contributed by atoms with Crippen molar-refractivity contribution < 1.29 is 14.3 Å². The van der Waals surface area contributed by atoms with Gasteiger partial charge in [-0.1, -0.05) is 6.07 Å². The van der Waals surface area contributed by atoms with Crippen LogP contribution in [0.4, 0.5) is 0 Å². The van der Waals surface area contributed by atoms with Crippen molar-refractivity contribution in [3.05, 3.63) is 36.0 Å². The van der Waals surface area contributed by atoms with Crippen LogP contribution in [0.15, 0.2) is 30.5 Å². The lowest BCUT2D eigenvalue weighted by molar-refractivity contribution is -0.144. The molecule has 0 aliphatic rings. The Kier molecular flexibility index (Phi) is 4.72. The Morgan fingerprint density at radius 3 is 2.81 bits per heavy atom. The van der Waals surface area contributed by atoms with Crippen molar-refractivity contribution in [1.82, 2.24) is 4.57 Å². The first kappa shape index (κ1) is 14.8. The molecule has 0 unspecified atom stereocenters. The van der Waals surface area contributed by atoms with Crippen LogP contribution in [0.1, 0.15) is 25.3 Å². The van der Waals surface area contributed by atoms with E-state index in [1.165, 1.54) is 0 Å². The van der Waals surface area contributed by atoms with Gasteiger partial charge in [-0.3, -0.25) is 9.59 Å². The Morgan fingerprint density at radius 1 is 1.29 bits per heavy atom. The average Bonchev–Trinajstić information content (AvgIpc) is 2.88. The molecule has 0 spiro atoms. The molecule has 0 atom stereocenters. The maximum atomic E-state index is 11.9. The Balaban J connectivity index is 2.05. The quantitative estimate of drug-likeness (QED) is 0.764. The number of aromatic nitrogens is 1. The fourth-order valence-electron chi connectivity index (χ4n) is 2.20. The number of carbonyl (C=O) groups is 2. The molecule has 0 amide bonds. The van der Waals surface area contributed by atoms with E-state index < -0.39 is 0 Å². The lowest BCUT2D eigenvalue weighted by Crippen LogP contribution is -2.12. The summed E-state index contributed by atoms with van der Waals surface area (Å²) in [7, 11) is 0. The molecule has 1 aromatic carbocycles. The van der Waals surface area contributed by atoms with Crippen LogP contribution in [0, 0.1) is 11.3 Å². The number of carbonyl (C=O) groups excluding carboxylic acids is 2. The lowest BCUT2D eigenvalue weighted by Gasteiger charge is -2.05. The maximum Gasteiger partial charge on any atom is 0.306 e. The number of nitriles is 1. The van der Waals surface area contributed by atoms with Crippen LogP contribution in [-0.2, 0) is 20.9 Å². The van der Waals surface area contributed by atoms with Gasteiger partial charge in [-0.15, -0.1) is 0 Å². The average molecular weight is 284 g/mol. The fraction of sp³-hybridized carbons (Fsp3) is 0.312. The molecule has 0 radical (unpaired) electrons. The molecule has 21 heavy (non-hydrogen) atoms. The number of fused-ring (bicyclic) bond motifs is 1. The fourth-order valence-corrected chi connectivity index (χ4v) is 2.20. The molecular formula is C16H16N2O3. The summed E-state index contributed by atoms with van der Waals surface area (Å²) in [5.74, 6) is -0.391. The number of rotatable bonds is 6. The van der Waals surface area contributed by atoms with Crippen LogP contribution in [0.2, 0.25) is 0 Å². The first-order valence-electron chi connectivity index (χ1n) is 6.81. The Bertz CT molecular complexity index is 710. The number of benzene rings is 1. The van der Waals surface area contributed by atoms with E-state index in [4.69, 9.17) is 10.00 Å². The smallest absolute Gasteiger partial charge is 0.306 e. The van der Waals surface area contributed by atoms with E-state index in [-0.39, 0.29) is 31.1 Å². The number of ketones is 1. The van der Waals surface area contributed by atoms with Gasteiger partial charge in [-0.25, -0.2) is 0 Å². The van der Waals surface area contributed by atoms with Crippen molar-refractivity contribution in [3.63, 3.8) is 0 Å². The van der Waals surface area contributed by atoms with Crippen molar-refractivity contribution in [1.29, 1.82) is 5.26 Å². The summed E-state index contributed by atoms with van der Waals surface area (Å²) in [4.78, 5) is 23.2. The molecule has 0 aliphatic heterocycles.